The molecule has 0 aliphatic carbocycles. The normalized spacial score (nSPS) is 24.0. The van der Waals surface area contributed by atoms with E-state index in [2.05, 4.69) is 0 Å². The molecule has 2 fully saturated rings. The molecule has 8 nitrogen and oxygen atoms in total. The fourth-order valence-electron chi connectivity index (χ4n) is 3.86. The lowest BCUT2D eigenvalue weighted by Crippen LogP contribution is -3.13. The summed E-state index contributed by atoms with van der Waals surface area (Å²) in [5.41, 5.74) is -0.235. The van der Waals surface area contributed by atoms with E-state index in [0.29, 0.717) is 32.9 Å². The van der Waals surface area contributed by atoms with Gasteiger partial charge in [0.2, 0.25) is 10.0 Å². The molecule has 1 aromatic rings. The molecule has 1 unspecified atom stereocenters. The quantitative estimate of drug-likeness (QED) is 0.650. The van der Waals surface area contributed by atoms with Gasteiger partial charge in [0.1, 0.15) is 5.92 Å². The Morgan fingerprint density at radius 2 is 2.00 bits per heavy atom. The van der Waals surface area contributed by atoms with Crippen LogP contribution < -0.4 is 10.5 Å². The van der Waals surface area contributed by atoms with Crippen molar-refractivity contribution in [1.29, 1.82) is 0 Å². The topological polar surface area (TPSA) is 90.1 Å². The third kappa shape index (κ3) is 4.59. The first kappa shape index (κ1) is 20.0. The van der Waals surface area contributed by atoms with Crippen LogP contribution in [-0.2, 0) is 26.2 Å². The molecule has 0 radical (unpaired) electrons. The van der Waals surface area contributed by atoms with Crippen LogP contribution in [0.4, 0.5) is 0 Å². The number of carbonyl (C=O) groups is 1. The Balaban J connectivity index is 1.75. The van der Waals surface area contributed by atoms with E-state index in [1.54, 1.807) is 6.92 Å². The monoisotopic (exact) mass is 398 g/mol. The maximum absolute atomic E-state index is 12.7. The smallest absolute Gasteiger partial charge is 0.314 e. The zero-order valence-corrected chi connectivity index (χ0v) is 16.5. The number of pyridine rings is 1. The summed E-state index contributed by atoms with van der Waals surface area (Å²) >= 11 is 0. The van der Waals surface area contributed by atoms with Gasteiger partial charge < -0.3 is 9.64 Å². The number of esters is 1. The van der Waals surface area contributed by atoms with E-state index in [9.17, 15) is 18.0 Å². The average Bonchev–Trinajstić information content (AvgIpc) is 3.19. The molecule has 2 saturated heterocycles. The Kier molecular flexibility index (Phi) is 6.33. The van der Waals surface area contributed by atoms with Gasteiger partial charge in [-0.3, -0.25) is 14.2 Å². The van der Waals surface area contributed by atoms with Gasteiger partial charge >= 0.3 is 5.97 Å². The highest BCUT2D eigenvalue weighted by atomic mass is 32.2. The summed E-state index contributed by atoms with van der Waals surface area (Å²) in [6.45, 7) is 4.98. The molecule has 0 spiro atoms. The lowest BCUT2D eigenvalue weighted by Gasteiger charge is -2.29. The highest BCUT2D eigenvalue weighted by molar-refractivity contribution is 7.89. The summed E-state index contributed by atoms with van der Waals surface area (Å²) in [4.78, 5) is 25.5. The Hall–Kier alpha value is -1.71. The molecule has 1 aromatic heterocycles. The zero-order chi connectivity index (χ0) is 19.4. The predicted molar refractivity (Wildman–Crippen MR) is 98.7 cm³/mol. The molecule has 0 aromatic carbocycles. The van der Waals surface area contributed by atoms with Crippen LogP contribution in [0.15, 0.2) is 28.0 Å². The maximum Gasteiger partial charge on any atom is 0.314 e. The number of hydrogen-bond acceptors (Lipinski definition) is 5. The molecule has 1 N–H and O–H groups in total. The minimum absolute atomic E-state index is 0.155. The Labute approximate surface area is 159 Å². The van der Waals surface area contributed by atoms with Crippen LogP contribution in [0.2, 0.25) is 0 Å². The van der Waals surface area contributed by atoms with Crippen LogP contribution in [0.25, 0.3) is 0 Å². The highest BCUT2D eigenvalue weighted by Crippen LogP contribution is 2.19. The third-order valence-electron chi connectivity index (χ3n) is 5.29. The fraction of sp³-hybridized carbons (Fsp3) is 0.667. The van der Waals surface area contributed by atoms with Crippen LogP contribution in [-0.4, -0.2) is 56.0 Å². The number of rotatable bonds is 6. The van der Waals surface area contributed by atoms with E-state index in [0.717, 1.165) is 37.1 Å². The fourth-order valence-corrected chi connectivity index (χ4v) is 5.40. The number of ether oxygens (including phenoxy) is 1. The van der Waals surface area contributed by atoms with Gasteiger partial charge in [-0.1, -0.05) is 0 Å². The summed E-state index contributed by atoms with van der Waals surface area (Å²) < 4.78 is 33.5. The number of carbonyl (C=O) groups excluding carboxylic acids is 1. The average molecular weight is 399 g/mol. The maximum atomic E-state index is 12.7. The second kappa shape index (κ2) is 8.53. The summed E-state index contributed by atoms with van der Waals surface area (Å²) in [6, 6.07) is 2.70. The lowest BCUT2D eigenvalue weighted by atomic mass is 9.98. The number of quaternary nitrogens is 1. The minimum atomic E-state index is -3.56. The second-order valence-corrected chi connectivity index (χ2v) is 9.18. The largest absolute Gasteiger partial charge is 0.466 e. The molecule has 27 heavy (non-hydrogen) atoms. The molecular formula is C18H28N3O5S+. The Bertz CT molecular complexity index is 830. The molecule has 0 saturated carbocycles. The molecule has 150 valence electrons. The van der Waals surface area contributed by atoms with E-state index in [4.69, 9.17) is 4.74 Å². The summed E-state index contributed by atoms with van der Waals surface area (Å²) in [7, 11) is -3.56. The van der Waals surface area contributed by atoms with Crippen molar-refractivity contribution in [3.8, 4) is 0 Å². The second-order valence-electron chi connectivity index (χ2n) is 7.24. The van der Waals surface area contributed by atoms with Gasteiger partial charge in [-0.15, -0.1) is 0 Å². The Morgan fingerprint density at radius 1 is 1.26 bits per heavy atom. The van der Waals surface area contributed by atoms with E-state index >= 15 is 0 Å². The number of aromatic nitrogens is 1. The molecular weight excluding hydrogens is 370 g/mol. The number of piperidine rings is 1. The molecule has 3 rings (SSSR count). The molecule has 0 bridgehead atoms. The summed E-state index contributed by atoms with van der Waals surface area (Å²) in [5.74, 6) is -0.353. The van der Waals surface area contributed by atoms with Crippen molar-refractivity contribution >= 4 is 16.0 Å². The summed E-state index contributed by atoms with van der Waals surface area (Å²) in [5, 5.41) is 0. The zero-order valence-electron chi connectivity index (χ0n) is 15.7. The van der Waals surface area contributed by atoms with Gasteiger partial charge in [-0.05, 0) is 38.7 Å². The molecule has 2 aliphatic heterocycles. The first-order valence-electron chi connectivity index (χ1n) is 9.62. The van der Waals surface area contributed by atoms with Crippen LogP contribution in [0.1, 0.15) is 32.6 Å². The van der Waals surface area contributed by atoms with Crippen molar-refractivity contribution in [3.63, 3.8) is 0 Å². The molecule has 9 heteroatoms. The van der Waals surface area contributed by atoms with Crippen molar-refractivity contribution < 1.29 is 22.8 Å². The molecule has 0 amide bonds. The summed E-state index contributed by atoms with van der Waals surface area (Å²) in [6.07, 6.45) is 4.84. The Morgan fingerprint density at radius 3 is 2.70 bits per heavy atom. The van der Waals surface area contributed by atoms with Crippen LogP contribution in [0.5, 0.6) is 0 Å². The van der Waals surface area contributed by atoms with E-state index in [-0.39, 0.29) is 22.3 Å². The number of nitrogens with one attached hydrogen (secondary N) is 1. The van der Waals surface area contributed by atoms with E-state index < -0.39 is 10.0 Å². The van der Waals surface area contributed by atoms with Gasteiger partial charge in [0, 0.05) is 25.4 Å². The van der Waals surface area contributed by atoms with Gasteiger partial charge in [0.25, 0.3) is 5.56 Å². The third-order valence-corrected chi connectivity index (χ3v) is 7.17. The minimum Gasteiger partial charge on any atom is -0.466 e. The number of nitrogens with zero attached hydrogens (tertiary/aromatic N) is 2. The number of likely N-dealkylation sites (tertiary alicyclic amines) is 1. The first-order chi connectivity index (χ1) is 12.9. The van der Waals surface area contributed by atoms with E-state index in [1.165, 1.54) is 27.2 Å². The molecule has 2 atom stereocenters. The van der Waals surface area contributed by atoms with Gasteiger partial charge in [0.05, 0.1) is 24.6 Å². The predicted octanol–water partition coefficient (Wildman–Crippen LogP) is -0.552. The standard InChI is InChI=1S/C18H27N3O5S/c1-2-26-18(23)15-6-5-9-19(12-15)14-20-13-16(7-8-17(20)22)27(24,25)21-10-3-4-11-21/h7-8,13,15H,2-6,9-12,14H2,1H3/p+1/t15-/m1/s1. The number of hydrogen-bond donors (Lipinski definition) is 1. The van der Waals surface area contributed by atoms with Crippen LogP contribution in [0, 0.1) is 5.92 Å². The van der Waals surface area contributed by atoms with Crippen molar-refractivity contribution in [1.82, 2.24) is 8.87 Å². The van der Waals surface area contributed by atoms with Crippen molar-refractivity contribution in [2.75, 3.05) is 32.8 Å². The highest BCUT2D eigenvalue weighted by Gasteiger charge is 2.31. The van der Waals surface area contributed by atoms with E-state index in [1.807, 2.05) is 0 Å². The first-order valence-corrected chi connectivity index (χ1v) is 11.1. The molecule has 2 aliphatic rings. The van der Waals surface area contributed by atoms with Crippen molar-refractivity contribution in [2.24, 2.45) is 5.92 Å². The van der Waals surface area contributed by atoms with Crippen LogP contribution >= 0.6 is 0 Å². The van der Waals surface area contributed by atoms with Gasteiger partial charge in [-0.2, -0.15) is 4.31 Å². The van der Waals surface area contributed by atoms with Gasteiger partial charge in [-0.25, -0.2) is 8.42 Å². The van der Waals surface area contributed by atoms with Crippen molar-refractivity contribution in [2.45, 2.75) is 44.2 Å². The van der Waals surface area contributed by atoms with Gasteiger partial charge in [0.15, 0.2) is 6.67 Å². The number of sulfonamides is 1. The SMILES string of the molecule is CCOC(=O)[C@@H]1CCC[NH+](Cn2cc(S(=O)(=O)N3CCCC3)ccc2=O)C1. The van der Waals surface area contributed by atoms with Crippen molar-refractivity contribution in [3.05, 3.63) is 28.7 Å². The molecule has 3 heterocycles. The lowest BCUT2D eigenvalue weighted by molar-refractivity contribution is -0.930. The van der Waals surface area contributed by atoms with Crippen LogP contribution in [0.3, 0.4) is 0 Å².